The zero-order chi connectivity index (χ0) is 41.2. The second kappa shape index (κ2) is 17.7. The number of H-pyrrole nitrogens is 1. The van der Waals surface area contributed by atoms with Crippen LogP contribution in [0.5, 0.6) is 0 Å². The Morgan fingerprint density at radius 2 is 1.38 bits per heavy atom. The van der Waals surface area contributed by atoms with Crippen LogP contribution in [0, 0.1) is 17.8 Å². The molecule has 12 heteroatoms. The van der Waals surface area contributed by atoms with E-state index >= 15 is 0 Å². The minimum absolute atomic E-state index is 0.00676. The number of nitrogens with one attached hydrogen (secondary N) is 2. The van der Waals surface area contributed by atoms with Crippen LogP contribution < -0.4 is 5.32 Å². The fourth-order valence-electron chi connectivity index (χ4n) is 10.3. The number of ether oxygens (including phenoxy) is 3. The molecule has 0 unspecified atom stereocenters. The first-order chi connectivity index (χ1) is 29.4. The number of carbonyl (C=O) groups is 3. The minimum atomic E-state index is -0.657. The Hall–Kier alpha value is -5.33. The number of nitrogens with zero attached hydrogens (tertiary/aromatic N) is 4. The number of rotatable bonds is 10. The summed E-state index contributed by atoms with van der Waals surface area (Å²) in [6.45, 7) is 6.13. The summed E-state index contributed by atoms with van der Waals surface area (Å²) in [5, 5.41) is 5.17. The molecule has 4 aromatic rings. The monoisotopic (exact) mass is 812 g/mol. The molecule has 4 fully saturated rings. The Labute approximate surface area is 351 Å². The van der Waals surface area contributed by atoms with E-state index in [2.05, 4.69) is 82.8 Å². The van der Waals surface area contributed by atoms with Gasteiger partial charge < -0.3 is 34.3 Å². The van der Waals surface area contributed by atoms with Gasteiger partial charge in [0.1, 0.15) is 11.9 Å². The molecule has 9 rings (SSSR count). The standard InChI is InChI=1S/C48H56N6O6/c1-30(31-17-23-59-24-18-31)46(55)54-22-6-10-43(54)45-50-29-41(51-45)33-13-11-32(12-14-33)36-15-16-37(39-8-4-3-7-38(36)39)35-27-40(49-28-35)42-9-5-21-53(42)47(56)44(52-48(57)58-2)34-19-25-60-26-20-34/h3-4,7-8,11-16,28-31,34,42-44H,5-6,9-10,17-27H2,1-2H3,(H,50,51)(H,52,57)/t30-,42-,43-,44-/m0/s1. The maximum atomic E-state index is 14.1. The molecule has 1 aromatic heterocycles. The summed E-state index contributed by atoms with van der Waals surface area (Å²) in [6.07, 6.45) is 10.9. The van der Waals surface area contributed by atoms with Gasteiger partial charge >= 0.3 is 6.09 Å². The van der Waals surface area contributed by atoms with E-state index in [1.54, 1.807) is 0 Å². The molecule has 3 amide bonds. The van der Waals surface area contributed by atoms with E-state index in [4.69, 9.17) is 24.2 Å². The Morgan fingerprint density at radius 1 is 0.767 bits per heavy atom. The Bertz CT molecular complexity index is 2270. The lowest BCUT2D eigenvalue weighted by atomic mass is 9.86. The molecule has 4 atom stereocenters. The molecule has 0 saturated carbocycles. The van der Waals surface area contributed by atoms with Crippen molar-refractivity contribution in [3.63, 3.8) is 0 Å². The summed E-state index contributed by atoms with van der Waals surface area (Å²) in [5.74, 6) is 1.38. The van der Waals surface area contributed by atoms with E-state index in [0.717, 1.165) is 114 Å². The third-order valence-corrected chi connectivity index (χ3v) is 13.7. The predicted octanol–water partition coefficient (Wildman–Crippen LogP) is 7.95. The van der Waals surface area contributed by atoms with Crippen molar-refractivity contribution in [2.75, 3.05) is 46.6 Å². The zero-order valence-electron chi connectivity index (χ0n) is 34.7. The Kier molecular flexibility index (Phi) is 11.8. The van der Waals surface area contributed by atoms with Crippen molar-refractivity contribution < 1.29 is 28.6 Å². The van der Waals surface area contributed by atoms with Crippen LogP contribution in [-0.4, -0.2) is 102 Å². The number of hydrogen-bond acceptors (Lipinski definition) is 8. The summed E-state index contributed by atoms with van der Waals surface area (Å²) in [7, 11) is 1.33. The predicted molar refractivity (Wildman–Crippen MR) is 231 cm³/mol. The highest BCUT2D eigenvalue weighted by atomic mass is 16.5. The van der Waals surface area contributed by atoms with Crippen molar-refractivity contribution in [3.05, 3.63) is 84.4 Å². The number of methoxy groups -OCH3 is 1. The van der Waals surface area contributed by atoms with Crippen molar-refractivity contribution in [2.24, 2.45) is 22.7 Å². The highest BCUT2D eigenvalue weighted by molar-refractivity contribution is 6.09. The molecule has 12 nitrogen and oxygen atoms in total. The van der Waals surface area contributed by atoms with Gasteiger partial charge in [0.05, 0.1) is 31.1 Å². The maximum Gasteiger partial charge on any atom is 0.407 e. The van der Waals surface area contributed by atoms with Gasteiger partial charge in [-0.2, -0.15) is 0 Å². The first-order valence-electron chi connectivity index (χ1n) is 21.9. The number of benzene rings is 3. The van der Waals surface area contributed by atoms with Gasteiger partial charge in [-0.1, -0.05) is 67.6 Å². The average molecular weight is 813 g/mol. The van der Waals surface area contributed by atoms with Gasteiger partial charge in [-0.3, -0.25) is 14.6 Å². The fraction of sp³-hybridized carbons (Fsp3) is 0.479. The number of alkyl carbamates (subject to hydrolysis) is 1. The zero-order valence-corrected chi connectivity index (χ0v) is 34.7. The normalized spacial score (nSPS) is 22.4. The van der Waals surface area contributed by atoms with Crippen molar-refractivity contribution in [3.8, 4) is 22.4 Å². The summed E-state index contributed by atoms with van der Waals surface area (Å²) in [4.78, 5) is 57.5. The highest BCUT2D eigenvalue weighted by Crippen LogP contribution is 2.39. The molecule has 0 aliphatic carbocycles. The van der Waals surface area contributed by atoms with Crippen molar-refractivity contribution in [1.29, 1.82) is 0 Å². The van der Waals surface area contributed by atoms with Gasteiger partial charge in [-0.05, 0) is 102 Å². The fourth-order valence-corrected chi connectivity index (χ4v) is 10.3. The third-order valence-electron chi connectivity index (χ3n) is 13.7. The molecular weight excluding hydrogens is 757 g/mol. The summed E-state index contributed by atoms with van der Waals surface area (Å²) in [5.41, 5.74) is 7.51. The van der Waals surface area contributed by atoms with Crippen LogP contribution in [0.3, 0.4) is 0 Å². The van der Waals surface area contributed by atoms with Crippen molar-refractivity contribution in [2.45, 2.75) is 82.8 Å². The molecule has 5 aliphatic rings. The van der Waals surface area contributed by atoms with Crippen LogP contribution >= 0.6 is 0 Å². The van der Waals surface area contributed by atoms with Crippen LogP contribution in [0.4, 0.5) is 4.79 Å². The smallest absolute Gasteiger partial charge is 0.407 e. The van der Waals surface area contributed by atoms with E-state index < -0.39 is 12.1 Å². The largest absolute Gasteiger partial charge is 0.453 e. The number of amides is 3. The van der Waals surface area contributed by atoms with Gasteiger partial charge in [-0.25, -0.2) is 9.78 Å². The molecule has 0 radical (unpaired) electrons. The number of imidazole rings is 1. The lowest BCUT2D eigenvalue weighted by Crippen LogP contribution is -2.55. The van der Waals surface area contributed by atoms with Crippen LogP contribution in [0.15, 0.2) is 78.1 Å². The van der Waals surface area contributed by atoms with Crippen molar-refractivity contribution in [1.82, 2.24) is 25.1 Å². The van der Waals surface area contributed by atoms with Gasteiger partial charge in [0, 0.05) is 63.8 Å². The van der Waals surface area contributed by atoms with E-state index in [9.17, 15) is 14.4 Å². The molecule has 3 aromatic carbocycles. The first kappa shape index (κ1) is 40.1. The summed E-state index contributed by atoms with van der Waals surface area (Å²) >= 11 is 0. The van der Waals surface area contributed by atoms with Crippen LogP contribution in [0.25, 0.3) is 38.7 Å². The van der Waals surface area contributed by atoms with Crippen LogP contribution in [0.2, 0.25) is 0 Å². The number of allylic oxidation sites excluding steroid dienone is 1. The quantitative estimate of drug-likeness (QED) is 0.166. The SMILES string of the molecule is COC(=O)N[C@H](C(=O)N1CCC[C@H]1C1=NC=C(c2ccc(-c3ccc(-c4cnc([C@@H]5CCCN5C(=O)[C@@H](C)C5CCOCC5)[nH]4)cc3)c3ccccc23)C1)C1CCOCC1. The molecule has 4 saturated heterocycles. The second-order valence-electron chi connectivity index (χ2n) is 17.1. The number of likely N-dealkylation sites (tertiary alicyclic amines) is 2. The maximum absolute atomic E-state index is 14.1. The van der Waals surface area contributed by atoms with Gasteiger partial charge in [0.15, 0.2) is 0 Å². The average Bonchev–Trinajstić information content (AvgIpc) is 4.15. The number of hydrogen-bond donors (Lipinski definition) is 2. The molecule has 6 heterocycles. The Balaban J connectivity index is 0.887. The summed E-state index contributed by atoms with van der Waals surface area (Å²) < 4.78 is 16.0. The minimum Gasteiger partial charge on any atom is -0.453 e. The molecule has 60 heavy (non-hydrogen) atoms. The second-order valence-corrected chi connectivity index (χ2v) is 17.1. The summed E-state index contributed by atoms with van der Waals surface area (Å²) in [6, 6.07) is 20.7. The van der Waals surface area contributed by atoms with E-state index in [1.807, 2.05) is 17.3 Å². The highest BCUT2D eigenvalue weighted by Gasteiger charge is 2.41. The number of aliphatic imine (C=N–C) groups is 1. The first-order valence-corrected chi connectivity index (χ1v) is 21.9. The third kappa shape index (κ3) is 7.99. The lowest BCUT2D eigenvalue weighted by Gasteiger charge is -2.34. The van der Waals surface area contributed by atoms with Gasteiger partial charge in [-0.15, -0.1) is 0 Å². The lowest BCUT2D eigenvalue weighted by molar-refractivity contribution is -0.139. The van der Waals surface area contributed by atoms with Crippen LogP contribution in [0.1, 0.15) is 82.1 Å². The van der Waals surface area contributed by atoms with Crippen molar-refractivity contribution >= 4 is 40.0 Å². The van der Waals surface area contributed by atoms with Crippen LogP contribution in [-0.2, 0) is 23.8 Å². The van der Waals surface area contributed by atoms with E-state index in [0.29, 0.717) is 44.9 Å². The Morgan fingerprint density at radius 3 is 2.08 bits per heavy atom. The molecule has 0 spiro atoms. The number of fused-ring (bicyclic) bond motifs is 1. The topological polar surface area (TPSA) is 138 Å². The molecular formula is C48H56N6O6. The van der Waals surface area contributed by atoms with Gasteiger partial charge in [0.25, 0.3) is 0 Å². The number of carbonyl (C=O) groups excluding carboxylic acids is 3. The molecule has 5 aliphatic heterocycles. The van der Waals surface area contributed by atoms with E-state index in [1.165, 1.54) is 7.11 Å². The molecule has 2 N–H and O–H groups in total. The van der Waals surface area contributed by atoms with E-state index in [-0.39, 0.29) is 35.7 Å². The van der Waals surface area contributed by atoms with Gasteiger partial charge in [0.2, 0.25) is 11.8 Å². The molecule has 0 bridgehead atoms. The number of aromatic nitrogens is 2. The number of aromatic amines is 1. The molecule has 314 valence electrons.